The van der Waals surface area contributed by atoms with Gasteiger partial charge in [0.2, 0.25) is 0 Å². The fourth-order valence-corrected chi connectivity index (χ4v) is 0.604. The molecule has 0 saturated carbocycles. The van der Waals surface area contributed by atoms with E-state index in [1.807, 2.05) is 0 Å². The van der Waals surface area contributed by atoms with Gasteiger partial charge in [-0.05, 0) is 12.1 Å². The zero-order valence-electron chi connectivity index (χ0n) is 5.00. The Balaban J connectivity index is 2.98. The van der Waals surface area contributed by atoms with Gasteiger partial charge in [0.05, 0.1) is 0 Å². The van der Waals surface area contributed by atoms with E-state index in [1.165, 1.54) is 11.8 Å². The highest BCUT2D eigenvalue weighted by Crippen LogP contribution is 1.93. The Morgan fingerprint density at radius 1 is 1.78 bits per heavy atom. The van der Waals surface area contributed by atoms with Gasteiger partial charge in [-0.3, -0.25) is 4.79 Å². The van der Waals surface area contributed by atoms with E-state index in [9.17, 15) is 4.79 Å². The normalized spacial score (nSPS) is 9.00. The van der Waals surface area contributed by atoms with Gasteiger partial charge >= 0.3 is 0 Å². The van der Waals surface area contributed by atoms with Crippen molar-refractivity contribution in [3.8, 4) is 0 Å². The standard InChI is InChI=1S/C6H6NO2/c1-9-7-4-2-3-6(7)5-8/h2-4H,1H3. The van der Waals surface area contributed by atoms with Gasteiger partial charge in [-0.15, -0.1) is 0 Å². The predicted octanol–water partition coefficient (Wildman–Crippen LogP) is 0.00430. The van der Waals surface area contributed by atoms with Crippen LogP contribution in [0.5, 0.6) is 0 Å². The smallest absolute Gasteiger partial charge is 0.254 e. The summed E-state index contributed by atoms with van der Waals surface area (Å²) >= 11 is 0. The van der Waals surface area contributed by atoms with Gasteiger partial charge in [0.15, 0.2) is 0 Å². The molecule has 1 aromatic heterocycles. The summed E-state index contributed by atoms with van der Waals surface area (Å²) in [4.78, 5) is 14.8. The van der Waals surface area contributed by atoms with Crippen LogP contribution in [0, 0.1) is 0 Å². The molecule has 1 radical (unpaired) electrons. The third-order valence-electron chi connectivity index (χ3n) is 1.01. The van der Waals surface area contributed by atoms with Crippen LogP contribution in [0.2, 0.25) is 0 Å². The summed E-state index contributed by atoms with van der Waals surface area (Å²) in [5.74, 6) is 0. The molecule has 0 N–H and O–H groups in total. The zero-order chi connectivity index (χ0) is 6.69. The van der Waals surface area contributed by atoms with Gasteiger partial charge < -0.3 is 4.84 Å². The Morgan fingerprint density at radius 3 is 3.00 bits per heavy atom. The fourth-order valence-electron chi connectivity index (χ4n) is 0.604. The molecule has 47 valence electrons. The lowest BCUT2D eigenvalue weighted by Crippen LogP contribution is -2.06. The van der Waals surface area contributed by atoms with Gasteiger partial charge in [0.25, 0.3) is 6.29 Å². The van der Waals surface area contributed by atoms with Gasteiger partial charge in [0.1, 0.15) is 12.8 Å². The van der Waals surface area contributed by atoms with E-state index in [0.29, 0.717) is 5.69 Å². The summed E-state index contributed by atoms with van der Waals surface area (Å²) in [6.45, 7) is 0. The minimum Gasteiger partial charge on any atom is -0.417 e. The highest BCUT2D eigenvalue weighted by Gasteiger charge is 1.95. The van der Waals surface area contributed by atoms with Crippen molar-refractivity contribution in [2.24, 2.45) is 0 Å². The van der Waals surface area contributed by atoms with Crippen molar-refractivity contribution < 1.29 is 9.63 Å². The largest absolute Gasteiger partial charge is 0.417 e. The molecule has 0 amide bonds. The Hall–Kier alpha value is -1.25. The Labute approximate surface area is 52.8 Å². The van der Waals surface area contributed by atoms with Crippen molar-refractivity contribution in [3.63, 3.8) is 0 Å². The summed E-state index contributed by atoms with van der Waals surface area (Å²) in [6.07, 6.45) is 3.35. The maximum Gasteiger partial charge on any atom is 0.254 e. The molecular formula is C6H6NO2. The first kappa shape index (κ1) is 5.88. The van der Waals surface area contributed by atoms with Crippen molar-refractivity contribution >= 4 is 6.29 Å². The second-order valence-electron chi connectivity index (χ2n) is 1.50. The van der Waals surface area contributed by atoms with E-state index in [1.54, 1.807) is 24.6 Å². The average molecular weight is 124 g/mol. The molecule has 1 aromatic rings. The number of hydrogen-bond acceptors (Lipinski definition) is 2. The SMILES string of the molecule is COn1cccc1[C]=O. The Morgan fingerprint density at radius 2 is 2.56 bits per heavy atom. The number of aromatic nitrogens is 1. The van der Waals surface area contributed by atoms with Crippen LogP contribution in [0.15, 0.2) is 18.3 Å². The third kappa shape index (κ3) is 0.937. The Bertz CT molecular complexity index is 205. The first-order valence-electron chi connectivity index (χ1n) is 2.48. The molecular weight excluding hydrogens is 118 g/mol. The number of nitrogens with zero attached hydrogens (tertiary/aromatic N) is 1. The minimum atomic E-state index is 0.400. The van der Waals surface area contributed by atoms with Crippen molar-refractivity contribution in [1.82, 2.24) is 4.73 Å². The first-order valence-corrected chi connectivity index (χ1v) is 2.48. The number of rotatable bonds is 2. The van der Waals surface area contributed by atoms with Crippen LogP contribution in [0.3, 0.4) is 0 Å². The Kier molecular flexibility index (Phi) is 1.53. The van der Waals surface area contributed by atoms with Crippen LogP contribution in [0.1, 0.15) is 5.69 Å². The molecule has 0 aromatic carbocycles. The molecule has 0 atom stereocenters. The van der Waals surface area contributed by atoms with Crippen molar-refractivity contribution in [1.29, 1.82) is 0 Å². The molecule has 0 unspecified atom stereocenters. The van der Waals surface area contributed by atoms with Gasteiger partial charge in [0, 0.05) is 6.20 Å². The van der Waals surface area contributed by atoms with Gasteiger partial charge in [-0.25, -0.2) is 0 Å². The molecule has 0 saturated heterocycles. The number of hydrogen-bond donors (Lipinski definition) is 0. The van der Waals surface area contributed by atoms with Crippen LogP contribution in [0.25, 0.3) is 0 Å². The van der Waals surface area contributed by atoms with Gasteiger partial charge in [-0.1, -0.05) is 0 Å². The van der Waals surface area contributed by atoms with Crippen LogP contribution < -0.4 is 4.84 Å². The second kappa shape index (κ2) is 2.35. The second-order valence-corrected chi connectivity index (χ2v) is 1.50. The van der Waals surface area contributed by atoms with Crippen LogP contribution in [0.4, 0.5) is 0 Å². The summed E-state index contributed by atoms with van der Waals surface area (Å²) in [6, 6.07) is 3.33. The topological polar surface area (TPSA) is 31.2 Å². The summed E-state index contributed by atoms with van der Waals surface area (Å²) in [5, 5.41) is 0. The fraction of sp³-hybridized carbons (Fsp3) is 0.167. The van der Waals surface area contributed by atoms with Crippen molar-refractivity contribution in [2.75, 3.05) is 7.11 Å². The van der Waals surface area contributed by atoms with E-state index in [0.717, 1.165) is 0 Å². The molecule has 9 heavy (non-hydrogen) atoms. The zero-order valence-corrected chi connectivity index (χ0v) is 5.00. The quantitative estimate of drug-likeness (QED) is 0.555. The molecule has 3 heteroatoms. The molecule has 0 bridgehead atoms. The summed E-state index contributed by atoms with van der Waals surface area (Å²) < 4.78 is 1.34. The summed E-state index contributed by atoms with van der Waals surface area (Å²) in [7, 11) is 1.49. The number of carbonyl (C=O) groups excluding carboxylic acids is 1. The van der Waals surface area contributed by atoms with E-state index >= 15 is 0 Å². The van der Waals surface area contributed by atoms with Crippen molar-refractivity contribution in [3.05, 3.63) is 24.0 Å². The van der Waals surface area contributed by atoms with E-state index < -0.39 is 0 Å². The molecule has 0 aliphatic heterocycles. The maximum atomic E-state index is 10.0. The lowest BCUT2D eigenvalue weighted by Gasteiger charge is -1.98. The van der Waals surface area contributed by atoms with Gasteiger partial charge in [-0.2, -0.15) is 4.73 Å². The first-order chi connectivity index (χ1) is 4.38. The lowest BCUT2D eigenvalue weighted by atomic mass is 10.5. The molecule has 0 aliphatic carbocycles. The monoisotopic (exact) mass is 124 g/mol. The van der Waals surface area contributed by atoms with Crippen LogP contribution >= 0.6 is 0 Å². The average Bonchev–Trinajstić information content (AvgIpc) is 2.33. The third-order valence-corrected chi connectivity index (χ3v) is 1.01. The molecule has 0 spiro atoms. The molecule has 0 aliphatic rings. The molecule has 0 fully saturated rings. The van der Waals surface area contributed by atoms with E-state index in [-0.39, 0.29) is 0 Å². The maximum absolute atomic E-state index is 10.0. The summed E-state index contributed by atoms with van der Waals surface area (Å²) in [5.41, 5.74) is 0.400. The van der Waals surface area contributed by atoms with E-state index in [4.69, 9.17) is 4.84 Å². The highest BCUT2D eigenvalue weighted by molar-refractivity contribution is 5.72. The molecule has 3 nitrogen and oxygen atoms in total. The van der Waals surface area contributed by atoms with E-state index in [2.05, 4.69) is 0 Å². The van der Waals surface area contributed by atoms with Crippen LogP contribution in [-0.4, -0.2) is 18.1 Å². The molecule has 1 heterocycles. The molecule has 1 rings (SSSR count). The minimum absolute atomic E-state index is 0.400. The predicted molar refractivity (Wildman–Crippen MR) is 31.7 cm³/mol. The highest BCUT2D eigenvalue weighted by atomic mass is 16.6. The van der Waals surface area contributed by atoms with Crippen molar-refractivity contribution in [2.45, 2.75) is 0 Å². The lowest BCUT2D eigenvalue weighted by molar-refractivity contribution is 0.166. The van der Waals surface area contributed by atoms with Crippen LogP contribution in [-0.2, 0) is 4.79 Å².